The second-order valence-corrected chi connectivity index (χ2v) is 4.50. The van der Waals surface area contributed by atoms with Crippen LogP contribution < -0.4 is 10.0 Å². The molecule has 0 bridgehead atoms. The monoisotopic (exact) mass is 305 g/mol. The number of hydrogen-bond acceptors (Lipinski definition) is 4. The van der Waals surface area contributed by atoms with Crippen molar-refractivity contribution in [2.75, 3.05) is 13.1 Å². The molecule has 0 aliphatic carbocycles. The van der Waals surface area contributed by atoms with Gasteiger partial charge in [-0.1, -0.05) is 24.8 Å². The Bertz CT molecular complexity index is 519. The number of aliphatic imine (C=N–C) groups is 1. The smallest absolute Gasteiger partial charge is 0.287 e. The molecule has 6 heteroatoms. The summed E-state index contributed by atoms with van der Waals surface area (Å²) in [6, 6.07) is 3.29. The molecule has 1 heterocycles. The predicted molar refractivity (Wildman–Crippen MR) is 88.2 cm³/mol. The van der Waals surface area contributed by atoms with Crippen LogP contribution in [-0.4, -0.2) is 24.8 Å². The Balaban J connectivity index is 2.34. The molecule has 0 fully saturated rings. The van der Waals surface area contributed by atoms with Gasteiger partial charge < -0.3 is 14.5 Å². The van der Waals surface area contributed by atoms with Crippen molar-refractivity contribution in [3.63, 3.8) is 0 Å². The van der Waals surface area contributed by atoms with E-state index in [1.807, 2.05) is 30.6 Å². The van der Waals surface area contributed by atoms with Crippen LogP contribution in [0.1, 0.15) is 17.5 Å². The Kier molecular flexibility index (Phi) is 8.47. The molecule has 1 aromatic heterocycles. The van der Waals surface area contributed by atoms with Gasteiger partial charge in [0.15, 0.2) is 5.76 Å². The third kappa shape index (κ3) is 7.22. The van der Waals surface area contributed by atoms with Gasteiger partial charge in [0.1, 0.15) is 5.84 Å². The molecule has 2 N–H and O–H groups in total. The van der Waals surface area contributed by atoms with Gasteiger partial charge in [0.05, 0.1) is 12.8 Å². The first-order valence-electron chi connectivity index (χ1n) is 6.46. The zero-order valence-corrected chi connectivity index (χ0v) is 12.7. The van der Waals surface area contributed by atoms with E-state index < -0.39 is 0 Å². The molecule has 1 amide bonds. The number of furan rings is 1. The van der Waals surface area contributed by atoms with Crippen molar-refractivity contribution in [2.24, 2.45) is 4.99 Å². The first kappa shape index (κ1) is 16.8. The standard InChI is InChI=1S/C15H19N3O2S/c1-3-5-12-21-18-14(7-4-2)16-9-10-17-15(19)13-8-6-11-20-13/h3-8,11-12H,1,9-10H2,2H3,(H,16,18)(H,17,19)/b7-4+,12-5+. The number of nitrogens with zero attached hydrogens (tertiary/aromatic N) is 1. The fourth-order valence-corrected chi connectivity index (χ4v) is 1.82. The molecular weight excluding hydrogens is 286 g/mol. The van der Waals surface area contributed by atoms with Gasteiger partial charge in [-0.25, -0.2) is 0 Å². The van der Waals surface area contributed by atoms with Crippen molar-refractivity contribution < 1.29 is 9.21 Å². The summed E-state index contributed by atoms with van der Waals surface area (Å²) < 4.78 is 8.08. The Morgan fingerprint density at radius 1 is 1.57 bits per heavy atom. The number of carbonyl (C=O) groups excluding carboxylic acids is 1. The van der Waals surface area contributed by atoms with Gasteiger partial charge in [-0.2, -0.15) is 0 Å². The molecule has 0 aliphatic heterocycles. The molecule has 0 saturated heterocycles. The summed E-state index contributed by atoms with van der Waals surface area (Å²) in [6.45, 7) is 6.43. The van der Waals surface area contributed by atoms with Crippen LogP contribution in [-0.2, 0) is 0 Å². The number of amidine groups is 1. The number of amides is 1. The van der Waals surface area contributed by atoms with Gasteiger partial charge in [-0.15, -0.1) is 0 Å². The largest absolute Gasteiger partial charge is 0.459 e. The number of hydrogen-bond donors (Lipinski definition) is 2. The van der Waals surface area contributed by atoms with Gasteiger partial charge in [-0.05, 0) is 42.5 Å². The van der Waals surface area contributed by atoms with Crippen LogP contribution in [0, 0.1) is 0 Å². The Morgan fingerprint density at radius 3 is 3.10 bits per heavy atom. The van der Waals surface area contributed by atoms with E-state index in [-0.39, 0.29) is 5.91 Å². The second kappa shape index (κ2) is 10.6. The lowest BCUT2D eigenvalue weighted by Gasteiger charge is -2.04. The van der Waals surface area contributed by atoms with E-state index in [2.05, 4.69) is 21.6 Å². The van der Waals surface area contributed by atoms with Crippen LogP contribution in [0.4, 0.5) is 0 Å². The highest BCUT2D eigenvalue weighted by Gasteiger charge is 2.06. The molecule has 0 unspecified atom stereocenters. The van der Waals surface area contributed by atoms with Gasteiger partial charge >= 0.3 is 0 Å². The van der Waals surface area contributed by atoms with Crippen LogP contribution in [0.25, 0.3) is 0 Å². The van der Waals surface area contributed by atoms with Gasteiger partial charge in [-0.3, -0.25) is 9.79 Å². The summed E-state index contributed by atoms with van der Waals surface area (Å²) in [6.07, 6.45) is 8.75. The highest BCUT2D eigenvalue weighted by atomic mass is 32.2. The van der Waals surface area contributed by atoms with Crippen LogP contribution in [0.3, 0.4) is 0 Å². The van der Waals surface area contributed by atoms with E-state index in [1.54, 1.807) is 18.2 Å². The van der Waals surface area contributed by atoms with E-state index in [9.17, 15) is 4.79 Å². The number of carbonyl (C=O) groups is 1. The first-order chi connectivity index (χ1) is 10.3. The fourth-order valence-electron chi connectivity index (χ4n) is 1.31. The minimum absolute atomic E-state index is 0.237. The van der Waals surface area contributed by atoms with E-state index in [0.717, 1.165) is 5.84 Å². The van der Waals surface area contributed by atoms with Crippen molar-refractivity contribution in [1.82, 2.24) is 10.0 Å². The Labute approximate surface area is 129 Å². The Morgan fingerprint density at radius 2 is 2.43 bits per heavy atom. The van der Waals surface area contributed by atoms with Crippen LogP contribution >= 0.6 is 11.9 Å². The minimum atomic E-state index is -0.237. The highest BCUT2D eigenvalue weighted by molar-refractivity contribution is 8.00. The number of allylic oxidation sites excluding steroid dienone is 3. The first-order valence-corrected chi connectivity index (χ1v) is 7.34. The average Bonchev–Trinajstić information content (AvgIpc) is 3.02. The molecule has 21 heavy (non-hydrogen) atoms. The average molecular weight is 305 g/mol. The maximum Gasteiger partial charge on any atom is 0.287 e. The van der Waals surface area contributed by atoms with Crippen molar-refractivity contribution in [3.05, 3.63) is 60.4 Å². The molecule has 1 aromatic rings. The predicted octanol–water partition coefficient (Wildman–Crippen LogP) is 2.92. The fraction of sp³-hybridized carbons (Fsp3) is 0.200. The highest BCUT2D eigenvalue weighted by Crippen LogP contribution is 1.99. The molecule has 0 saturated carbocycles. The summed E-state index contributed by atoms with van der Waals surface area (Å²) in [7, 11) is 0. The van der Waals surface area contributed by atoms with Gasteiger partial charge in [0.25, 0.3) is 5.91 Å². The van der Waals surface area contributed by atoms with E-state index in [1.165, 1.54) is 18.2 Å². The molecule has 0 radical (unpaired) electrons. The van der Waals surface area contributed by atoms with Crippen molar-refractivity contribution in [2.45, 2.75) is 6.92 Å². The van der Waals surface area contributed by atoms with Crippen molar-refractivity contribution >= 4 is 23.7 Å². The molecule has 5 nitrogen and oxygen atoms in total. The summed E-state index contributed by atoms with van der Waals surface area (Å²) in [5.41, 5.74) is 0. The Hall–Kier alpha value is -2.21. The molecule has 112 valence electrons. The quantitative estimate of drug-likeness (QED) is 0.255. The lowest BCUT2D eigenvalue weighted by molar-refractivity contribution is 0.0927. The normalized spacial score (nSPS) is 12.0. The summed E-state index contributed by atoms with van der Waals surface area (Å²) >= 11 is 1.40. The lowest BCUT2D eigenvalue weighted by atomic mass is 10.4. The number of rotatable bonds is 8. The molecule has 0 aliphatic rings. The topological polar surface area (TPSA) is 66.6 Å². The zero-order valence-electron chi connectivity index (χ0n) is 11.9. The van der Waals surface area contributed by atoms with Gasteiger partial charge in [0, 0.05) is 6.54 Å². The van der Waals surface area contributed by atoms with Crippen molar-refractivity contribution in [3.8, 4) is 0 Å². The molecule has 0 atom stereocenters. The summed E-state index contributed by atoms with van der Waals surface area (Å²) in [5.74, 6) is 0.804. The van der Waals surface area contributed by atoms with Gasteiger partial charge in [0.2, 0.25) is 0 Å². The summed E-state index contributed by atoms with van der Waals surface area (Å²) in [4.78, 5) is 16.0. The van der Waals surface area contributed by atoms with Crippen LogP contribution in [0.15, 0.2) is 64.1 Å². The second-order valence-electron chi connectivity index (χ2n) is 3.78. The SMILES string of the molecule is C=C/C=C/SNC(/C=C/C)=NCCNC(=O)c1ccco1. The number of nitrogens with one attached hydrogen (secondary N) is 2. The molecule has 1 rings (SSSR count). The minimum Gasteiger partial charge on any atom is -0.459 e. The van der Waals surface area contributed by atoms with Crippen LogP contribution in [0.2, 0.25) is 0 Å². The third-order valence-electron chi connectivity index (χ3n) is 2.20. The maximum atomic E-state index is 11.6. The molecule has 0 aromatic carbocycles. The lowest BCUT2D eigenvalue weighted by Crippen LogP contribution is -2.26. The third-order valence-corrected chi connectivity index (χ3v) is 2.82. The van der Waals surface area contributed by atoms with E-state index in [4.69, 9.17) is 4.42 Å². The van der Waals surface area contributed by atoms with E-state index >= 15 is 0 Å². The summed E-state index contributed by atoms with van der Waals surface area (Å²) in [5, 5.41) is 4.60. The van der Waals surface area contributed by atoms with Crippen molar-refractivity contribution in [1.29, 1.82) is 0 Å². The molecular formula is C15H19N3O2S. The zero-order chi connectivity index (χ0) is 15.3. The molecule has 0 spiro atoms. The maximum absolute atomic E-state index is 11.6. The van der Waals surface area contributed by atoms with Crippen LogP contribution in [0.5, 0.6) is 0 Å². The van der Waals surface area contributed by atoms with E-state index in [0.29, 0.717) is 18.8 Å².